The molecule has 6 nitrogen and oxygen atoms in total. The maximum absolute atomic E-state index is 9.47. The van der Waals surface area contributed by atoms with E-state index in [0.29, 0.717) is 18.7 Å². The molecule has 0 bridgehead atoms. The lowest BCUT2D eigenvalue weighted by molar-refractivity contribution is 0.0532. The summed E-state index contributed by atoms with van der Waals surface area (Å²) in [5, 5.41) is 16.4. The maximum atomic E-state index is 9.47. The zero-order valence-corrected chi connectivity index (χ0v) is 19.8. The van der Waals surface area contributed by atoms with Crippen molar-refractivity contribution in [2.45, 2.75) is 58.9 Å². The zero-order chi connectivity index (χ0) is 19.5. The summed E-state index contributed by atoms with van der Waals surface area (Å²) in [6, 6.07) is 8.35. The first-order valence-corrected chi connectivity index (χ1v) is 10.2. The number of benzene rings is 1. The second kappa shape index (κ2) is 14.1. The van der Waals surface area contributed by atoms with Gasteiger partial charge in [0.2, 0.25) is 0 Å². The number of nitrogens with one attached hydrogen (secondary N) is 2. The molecule has 0 aromatic heterocycles. The van der Waals surface area contributed by atoms with Crippen molar-refractivity contribution in [1.29, 1.82) is 0 Å². The monoisotopic (exact) mass is 504 g/mol. The van der Waals surface area contributed by atoms with Gasteiger partial charge in [-0.25, -0.2) is 4.99 Å². The fraction of sp³-hybridized carbons (Fsp3) is 0.667. The van der Waals surface area contributed by atoms with Crippen LogP contribution in [0.2, 0.25) is 0 Å². The number of nitrogens with zero attached hydrogens (tertiary/aromatic N) is 2. The standard InChI is InChI=1S/C21H36N4O2.HI/c1-4-22-21(23-15-18-7-5-6-8-19(18)16-26)24-20-9-11-25(12-10-20)13-14-27-17(2)3;/h5-8,17,20,26H,4,9-16H2,1-3H3,(H2,22,23,24);1H. The quantitative estimate of drug-likeness (QED) is 0.274. The van der Waals surface area contributed by atoms with E-state index in [1.807, 2.05) is 24.3 Å². The summed E-state index contributed by atoms with van der Waals surface area (Å²) in [4.78, 5) is 7.20. The molecule has 160 valence electrons. The van der Waals surface area contributed by atoms with Crippen LogP contribution < -0.4 is 10.6 Å². The van der Waals surface area contributed by atoms with Crippen LogP contribution in [0.3, 0.4) is 0 Å². The van der Waals surface area contributed by atoms with Crippen molar-refractivity contribution in [3.8, 4) is 0 Å². The first-order chi connectivity index (χ1) is 13.1. The zero-order valence-electron chi connectivity index (χ0n) is 17.5. The van der Waals surface area contributed by atoms with Gasteiger partial charge in [0.05, 0.1) is 25.9 Å². The normalized spacial score (nSPS) is 16.1. The number of guanidine groups is 1. The van der Waals surface area contributed by atoms with Crippen molar-refractivity contribution in [3.05, 3.63) is 35.4 Å². The highest BCUT2D eigenvalue weighted by Gasteiger charge is 2.19. The van der Waals surface area contributed by atoms with Gasteiger partial charge in [-0.2, -0.15) is 0 Å². The maximum Gasteiger partial charge on any atom is 0.191 e. The average Bonchev–Trinajstić information content (AvgIpc) is 2.67. The van der Waals surface area contributed by atoms with Crippen LogP contribution in [0.25, 0.3) is 0 Å². The van der Waals surface area contributed by atoms with Crippen molar-refractivity contribution in [3.63, 3.8) is 0 Å². The average molecular weight is 504 g/mol. The topological polar surface area (TPSA) is 69.1 Å². The Labute approximate surface area is 187 Å². The Morgan fingerprint density at radius 3 is 2.54 bits per heavy atom. The summed E-state index contributed by atoms with van der Waals surface area (Å²) < 4.78 is 5.66. The number of piperidine rings is 1. The predicted octanol–water partition coefficient (Wildman–Crippen LogP) is 2.74. The van der Waals surface area contributed by atoms with Crippen LogP contribution in [0, 0.1) is 0 Å². The molecule has 1 aliphatic heterocycles. The van der Waals surface area contributed by atoms with E-state index in [-0.39, 0.29) is 30.6 Å². The van der Waals surface area contributed by atoms with Crippen molar-refractivity contribution in [2.75, 3.05) is 32.8 Å². The number of ether oxygens (including phenoxy) is 1. The van der Waals surface area contributed by atoms with E-state index in [2.05, 4.69) is 36.3 Å². The Morgan fingerprint density at radius 2 is 1.93 bits per heavy atom. The number of halogens is 1. The first-order valence-electron chi connectivity index (χ1n) is 10.2. The molecule has 1 aromatic carbocycles. The van der Waals surface area contributed by atoms with Gasteiger partial charge in [0.15, 0.2) is 5.96 Å². The van der Waals surface area contributed by atoms with Crippen molar-refractivity contribution in [1.82, 2.24) is 15.5 Å². The molecule has 0 unspecified atom stereocenters. The molecule has 0 saturated carbocycles. The van der Waals surface area contributed by atoms with E-state index < -0.39 is 0 Å². The smallest absolute Gasteiger partial charge is 0.191 e. The minimum absolute atomic E-state index is 0. The number of aliphatic hydroxyl groups is 1. The van der Waals surface area contributed by atoms with Crippen LogP contribution in [0.1, 0.15) is 44.7 Å². The van der Waals surface area contributed by atoms with E-state index in [0.717, 1.165) is 62.7 Å². The molecule has 2 rings (SSSR count). The molecule has 0 radical (unpaired) electrons. The van der Waals surface area contributed by atoms with E-state index >= 15 is 0 Å². The Bertz CT molecular complexity index is 575. The molecule has 7 heteroatoms. The van der Waals surface area contributed by atoms with E-state index in [9.17, 15) is 5.11 Å². The van der Waals surface area contributed by atoms with Crippen LogP contribution in [0.4, 0.5) is 0 Å². The van der Waals surface area contributed by atoms with Crippen LogP contribution in [-0.2, 0) is 17.9 Å². The van der Waals surface area contributed by atoms with Gasteiger partial charge in [0, 0.05) is 32.2 Å². The lowest BCUT2D eigenvalue weighted by atomic mass is 10.1. The molecule has 1 saturated heterocycles. The van der Waals surface area contributed by atoms with Gasteiger partial charge in [0.1, 0.15) is 0 Å². The molecule has 1 aliphatic rings. The Hall–Kier alpha value is -0.900. The van der Waals surface area contributed by atoms with Crippen molar-refractivity contribution in [2.24, 2.45) is 4.99 Å². The molecular weight excluding hydrogens is 467 g/mol. The summed E-state index contributed by atoms with van der Waals surface area (Å²) in [5.74, 6) is 0.854. The van der Waals surface area contributed by atoms with E-state index in [1.54, 1.807) is 0 Å². The van der Waals surface area contributed by atoms with Gasteiger partial charge in [-0.1, -0.05) is 24.3 Å². The molecule has 3 N–H and O–H groups in total. The largest absolute Gasteiger partial charge is 0.392 e. The third-order valence-electron chi connectivity index (χ3n) is 4.83. The Morgan fingerprint density at radius 1 is 1.25 bits per heavy atom. The number of rotatable bonds is 9. The van der Waals surface area contributed by atoms with Gasteiger partial charge in [-0.3, -0.25) is 0 Å². The van der Waals surface area contributed by atoms with Gasteiger partial charge in [0.25, 0.3) is 0 Å². The minimum Gasteiger partial charge on any atom is -0.392 e. The van der Waals surface area contributed by atoms with Gasteiger partial charge >= 0.3 is 0 Å². The Kier molecular flexibility index (Phi) is 12.7. The summed E-state index contributed by atoms with van der Waals surface area (Å²) in [6.07, 6.45) is 2.53. The van der Waals surface area contributed by atoms with Crippen molar-refractivity contribution < 1.29 is 9.84 Å². The molecule has 0 atom stereocenters. The first kappa shape index (κ1) is 25.1. The molecular formula is C21H37IN4O2. The molecule has 0 aliphatic carbocycles. The van der Waals surface area contributed by atoms with Crippen LogP contribution >= 0.6 is 24.0 Å². The summed E-state index contributed by atoms with van der Waals surface area (Å²) in [5.41, 5.74) is 2.01. The molecule has 1 fully saturated rings. The van der Waals surface area contributed by atoms with Crippen LogP contribution in [-0.4, -0.2) is 60.9 Å². The third-order valence-corrected chi connectivity index (χ3v) is 4.83. The van der Waals surface area contributed by atoms with E-state index in [1.165, 1.54) is 0 Å². The number of hydrogen-bond acceptors (Lipinski definition) is 4. The number of hydrogen-bond donors (Lipinski definition) is 3. The molecule has 1 aromatic rings. The molecule has 0 amide bonds. The highest BCUT2D eigenvalue weighted by molar-refractivity contribution is 14.0. The van der Waals surface area contributed by atoms with E-state index in [4.69, 9.17) is 9.73 Å². The van der Waals surface area contributed by atoms with Crippen molar-refractivity contribution >= 4 is 29.9 Å². The minimum atomic E-state index is 0. The summed E-state index contributed by atoms with van der Waals surface area (Å²) in [6.45, 7) is 11.7. The highest BCUT2D eigenvalue weighted by Crippen LogP contribution is 2.12. The second-order valence-corrected chi connectivity index (χ2v) is 7.30. The Balaban J connectivity index is 0.00000392. The lowest BCUT2D eigenvalue weighted by Gasteiger charge is -2.33. The molecule has 0 spiro atoms. The summed E-state index contributed by atoms with van der Waals surface area (Å²) in [7, 11) is 0. The second-order valence-electron chi connectivity index (χ2n) is 7.30. The van der Waals surface area contributed by atoms with Gasteiger partial charge < -0.3 is 25.4 Å². The number of aliphatic hydroxyl groups excluding tert-OH is 1. The fourth-order valence-electron chi connectivity index (χ4n) is 3.26. The molecule has 28 heavy (non-hydrogen) atoms. The van der Waals surface area contributed by atoms with Gasteiger partial charge in [-0.15, -0.1) is 24.0 Å². The third kappa shape index (κ3) is 9.07. The summed E-state index contributed by atoms with van der Waals surface area (Å²) >= 11 is 0. The van der Waals surface area contributed by atoms with Crippen LogP contribution in [0.15, 0.2) is 29.3 Å². The lowest BCUT2D eigenvalue weighted by Crippen LogP contribution is -2.49. The van der Waals surface area contributed by atoms with Crippen LogP contribution in [0.5, 0.6) is 0 Å². The number of likely N-dealkylation sites (tertiary alicyclic amines) is 1. The highest BCUT2D eigenvalue weighted by atomic mass is 127. The SMILES string of the molecule is CCNC(=NCc1ccccc1CO)NC1CCN(CCOC(C)C)CC1.I. The molecule has 1 heterocycles. The fourth-order valence-corrected chi connectivity index (χ4v) is 3.26. The van der Waals surface area contributed by atoms with Gasteiger partial charge in [-0.05, 0) is 44.7 Å². The number of aliphatic imine (C=N–C) groups is 1. The predicted molar refractivity (Wildman–Crippen MR) is 126 cm³/mol.